The zero-order valence-electron chi connectivity index (χ0n) is 9.45. The summed E-state index contributed by atoms with van der Waals surface area (Å²) < 4.78 is 4.56. The minimum absolute atomic E-state index is 0.0271. The maximum Gasteiger partial charge on any atom is 0.309 e. The Morgan fingerprint density at radius 1 is 1.25 bits per heavy atom. The van der Waals surface area contributed by atoms with Crippen LogP contribution in [-0.2, 0) is 20.7 Å². The number of anilines is 1. The molecule has 0 spiro atoms. The zero-order chi connectivity index (χ0) is 12.0. The molecule has 16 heavy (non-hydrogen) atoms. The average Bonchev–Trinajstić information content (AvgIpc) is 2.31. The predicted octanol–water partition coefficient (Wildman–Crippen LogP) is 1.75. The van der Waals surface area contributed by atoms with Crippen molar-refractivity contribution >= 4 is 17.6 Å². The van der Waals surface area contributed by atoms with Gasteiger partial charge in [-0.05, 0) is 17.7 Å². The van der Waals surface area contributed by atoms with Gasteiger partial charge in [0.1, 0.15) is 0 Å². The van der Waals surface area contributed by atoms with E-state index in [1.807, 2.05) is 0 Å². The lowest BCUT2D eigenvalue weighted by Gasteiger charge is -2.04. The number of carbonyl (C=O) groups is 2. The topological polar surface area (TPSA) is 55.4 Å². The van der Waals surface area contributed by atoms with Gasteiger partial charge in [-0.15, -0.1) is 0 Å². The number of esters is 1. The Morgan fingerprint density at radius 2 is 1.88 bits per heavy atom. The van der Waals surface area contributed by atoms with Crippen LogP contribution in [0.4, 0.5) is 5.69 Å². The van der Waals surface area contributed by atoms with Gasteiger partial charge in [0.15, 0.2) is 0 Å². The van der Waals surface area contributed by atoms with E-state index in [0.717, 1.165) is 11.3 Å². The van der Waals surface area contributed by atoms with Gasteiger partial charge >= 0.3 is 5.97 Å². The van der Waals surface area contributed by atoms with Gasteiger partial charge in [0.2, 0.25) is 5.91 Å². The summed E-state index contributed by atoms with van der Waals surface area (Å²) >= 11 is 0. The Morgan fingerprint density at radius 3 is 2.38 bits per heavy atom. The first kappa shape index (κ1) is 12.2. The van der Waals surface area contributed by atoms with E-state index < -0.39 is 0 Å². The minimum atomic E-state index is -0.273. The highest BCUT2D eigenvalue weighted by atomic mass is 16.5. The van der Waals surface area contributed by atoms with Crippen LogP contribution in [0.15, 0.2) is 24.3 Å². The third-order valence-electron chi connectivity index (χ3n) is 2.13. The molecule has 0 radical (unpaired) electrons. The molecule has 1 amide bonds. The summed E-state index contributed by atoms with van der Waals surface area (Å²) in [5.74, 6) is -0.300. The summed E-state index contributed by atoms with van der Waals surface area (Å²) in [6.07, 6.45) is 0.697. The lowest BCUT2D eigenvalue weighted by Crippen LogP contribution is -2.09. The van der Waals surface area contributed by atoms with Gasteiger partial charge in [0, 0.05) is 12.1 Å². The van der Waals surface area contributed by atoms with Crippen molar-refractivity contribution in [1.82, 2.24) is 0 Å². The Bertz CT molecular complexity index is 333. The SMILES string of the molecule is CCC(=O)Nc1ccc(CC(=O)OC)cc1. The molecule has 0 atom stereocenters. The van der Waals surface area contributed by atoms with E-state index in [2.05, 4.69) is 10.1 Å². The molecule has 0 unspecified atom stereocenters. The van der Waals surface area contributed by atoms with Crippen LogP contribution in [0.5, 0.6) is 0 Å². The van der Waals surface area contributed by atoms with Crippen LogP contribution < -0.4 is 5.32 Å². The Balaban J connectivity index is 2.60. The van der Waals surface area contributed by atoms with Gasteiger partial charge in [-0.2, -0.15) is 0 Å². The molecule has 4 nitrogen and oxygen atoms in total. The fourth-order valence-corrected chi connectivity index (χ4v) is 1.19. The molecule has 1 aromatic rings. The molecule has 1 aromatic carbocycles. The van der Waals surface area contributed by atoms with Crippen LogP contribution in [0.2, 0.25) is 0 Å². The number of amides is 1. The second kappa shape index (κ2) is 5.90. The zero-order valence-corrected chi connectivity index (χ0v) is 9.45. The molecule has 0 saturated heterocycles. The third-order valence-corrected chi connectivity index (χ3v) is 2.13. The van der Waals surface area contributed by atoms with E-state index in [-0.39, 0.29) is 18.3 Å². The van der Waals surface area contributed by atoms with E-state index >= 15 is 0 Å². The summed E-state index contributed by atoms with van der Waals surface area (Å²) in [5, 5.41) is 2.73. The summed E-state index contributed by atoms with van der Waals surface area (Å²) in [5.41, 5.74) is 1.60. The van der Waals surface area contributed by atoms with Crippen molar-refractivity contribution in [3.63, 3.8) is 0 Å². The second-order valence-corrected chi connectivity index (χ2v) is 3.35. The summed E-state index contributed by atoms with van der Waals surface area (Å²) in [6.45, 7) is 1.79. The summed E-state index contributed by atoms with van der Waals surface area (Å²) in [6, 6.07) is 7.13. The Labute approximate surface area is 94.6 Å². The lowest BCUT2D eigenvalue weighted by molar-refractivity contribution is -0.139. The maximum absolute atomic E-state index is 11.1. The van der Waals surface area contributed by atoms with E-state index in [1.165, 1.54) is 7.11 Å². The van der Waals surface area contributed by atoms with E-state index in [4.69, 9.17) is 0 Å². The lowest BCUT2D eigenvalue weighted by atomic mass is 10.1. The Hall–Kier alpha value is -1.84. The first-order chi connectivity index (χ1) is 7.65. The number of methoxy groups -OCH3 is 1. The first-order valence-corrected chi connectivity index (χ1v) is 5.11. The highest BCUT2D eigenvalue weighted by molar-refractivity contribution is 5.90. The van der Waals surface area contributed by atoms with E-state index in [9.17, 15) is 9.59 Å². The molecule has 0 aliphatic rings. The number of ether oxygens (including phenoxy) is 1. The fraction of sp³-hybridized carbons (Fsp3) is 0.333. The standard InChI is InChI=1S/C12H15NO3/c1-3-11(14)13-10-6-4-9(5-7-10)8-12(15)16-2/h4-7H,3,8H2,1-2H3,(H,13,14). The molecular weight excluding hydrogens is 206 g/mol. The van der Waals surface area contributed by atoms with Crippen LogP contribution >= 0.6 is 0 Å². The summed E-state index contributed by atoms with van der Waals surface area (Å²) in [4.78, 5) is 22.1. The fourth-order valence-electron chi connectivity index (χ4n) is 1.19. The summed E-state index contributed by atoms with van der Waals surface area (Å²) in [7, 11) is 1.36. The van der Waals surface area contributed by atoms with Crippen LogP contribution in [0.1, 0.15) is 18.9 Å². The molecular formula is C12H15NO3. The second-order valence-electron chi connectivity index (χ2n) is 3.35. The monoisotopic (exact) mass is 221 g/mol. The smallest absolute Gasteiger partial charge is 0.309 e. The van der Waals surface area contributed by atoms with Gasteiger partial charge in [-0.1, -0.05) is 19.1 Å². The molecule has 0 aromatic heterocycles. The molecule has 0 aliphatic heterocycles. The van der Waals surface area contributed by atoms with Crippen molar-refractivity contribution in [1.29, 1.82) is 0 Å². The number of hydrogen-bond acceptors (Lipinski definition) is 3. The highest BCUT2D eigenvalue weighted by Crippen LogP contribution is 2.10. The van der Waals surface area contributed by atoms with Gasteiger partial charge in [-0.3, -0.25) is 9.59 Å². The van der Waals surface area contributed by atoms with Crippen molar-refractivity contribution < 1.29 is 14.3 Å². The van der Waals surface area contributed by atoms with Crippen LogP contribution in [0.25, 0.3) is 0 Å². The highest BCUT2D eigenvalue weighted by Gasteiger charge is 2.03. The van der Waals surface area contributed by atoms with Gasteiger partial charge < -0.3 is 10.1 Å². The first-order valence-electron chi connectivity index (χ1n) is 5.11. The van der Waals surface area contributed by atoms with Crippen molar-refractivity contribution in [2.45, 2.75) is 19.8 Å². The predicted molar refractivity (Wildman–Crippen MR) is 61.1 cm³/mol. The molecule has 86 valence electrons. The van der Waals surface area contributed by atoms with Gasteiger partial charge in [0.05, 0.1) is 13.5 Å². The molecule has 1 rings (SSSR count). The molecule has 0 saturated carbocycles. The number of carbonyl (C=O) groups excluding carboxylic acids is 2. The quantitative estimate of drug-likeness (QED) is 0.788. The molecule has 1 N–H and O–H groups in total. The molecule has 0 fully saturated rings. The molecule has 0 aliphatic carbocycles. The third kappa shape index (κ3) is 3.73. The van der Waals surface area contributed by atoms with Gasteiger partial charge in [0.25, 0.3) is 0 Å². The minimum Gasteiger partial charge on any atom is -0.469 e. The van der Waals surface area contributed by atoms with Crippen LogP contribution in [0, 0.1) is 0 Å². The average molecular weight is 221 g/mol. The van der Waals surface area contributed by atoms with Crippen molar-refractivity contribution in [3.8, 4) is 0 Å². The van der Waals surface area contributed by atoms with E-state index in [0.29, 0.717) is 6.42 Å². The number of benzene rings is 1. The molecule has 0 heterocycles. The molecule has 0 bridgehead atoms. The van der Waals surface area contributed by atoms with Crippen LogP contribution in [-0.4, -0.2) is 19.0 Å². The van der Waals surface area contributed by atoms with Crippen molar-refractivity contribution in [2.24, 2.45) is 0 Å². The Kier molecular flexibility index (Phi) is 4.51. The largest absolute Gasteiger partial charge is 0.469 e. The number of hydrogen-bond donors (Lipinski definition) is 1. The van der Waals surface area contributed by atoms with Crippen molar-refractivity contribution in [2.75, 3.05) is 12.4 Å². The normalized spacial score (nSPS) is 9.62. The van der Waals surface area contributed by atoms with Crippen LogP contribution in [0.3, 0.4) is 0 Å². The van der Waals surface area contributed by atoms with Gasteiger partial charge in [-0.25, -0.2) is 0 Å². The maximum atomic E-state index is 11.1. The van der Waals surface area contributed by atoms with E-state index in [1.54, 1.807) is 31.2 Å². The van der Waals surface area contributed by atoms with Crippen molar-refractivity contribution in [3.05, 3.63) is 29.8 Å². The number of nitrogens with one attached hydrogen (secondary N) is 1. The molecule has 4 heteroatoms. The number of rotatable bonds is 4.